The van der Waals surface area contributed by atoms with Crippen molar-refractivity contribution in [1.29, 1.82) is 0 Å². The van der Waals surface area contributed by atoms with Gasteiger partial charge in [-0.05, 0) is 48.6 Å². The Bertz CT molecular complexity index is 948. The molecule has 0 radical (unpaired) electrons. The Morgan fingerprint density at radius 2 is 1.77 bits per heavy atom. The fraction of sp³-hybridized carbons (Fsp3) is 0.292. The van der Waals surface area contributed by atoms with Crippen molar-refractivity contribution >= 4 is 11.6 Å². The zero-order valence-corrected chi connectivity index (χ0v) is 16.7. The number of aromatic nitrogens is 2. The van der Waals surface area contributed by atoms with Gasteiger partial charge in [0.2, 0.25) is 5.91 Å². The minimum atomic E-state index is -0.484. The van der Waals surface area contributed by atoms with Gasteiger partial charge >= 0.3 is 0 Å². The lowest BCUT2D eigenvalue weighted by molar-refractivity contribution is -0.115. The number of benzene rings is 2. The van der Waals surface area contributed by atoms with Gasteiger partial charge in [-0.15, -0.1) is 0 Å². The maximum Gasteiger partial charge on any atom is 0.232 e. The number of aliphatic hydroxyl groups excluding tert-OH is 1. The molecule has 6 heteroatoms. The molecule has 0 bridgehead atoms. The highest BCUT2D eigenvalue weighted by molar-refractivity contribution is 5.91. The molecule has 3 aromatic rings. The lowest BCUT2D eigenvalue weighted by Crippen LogP contribution is -2.35. The van der Waals surface area contributed by atoms with E-state index in [0.29, 0.717) is 11.9 Å². The molecule has 3 atom stereocenters. The van der Waals surface area contributed by atoms with Crippen LogP contribution >= 0.6 is 0 Å². The summed E-state index contributed by atoms with van der Waals surface area (Å²) >= 11 is 0. The summed E-state index contributed by atoms with van der Waals surface area (Å²) in [5.74, 6) is 0.371. The number of carbonyl (C=O) groups excluding carboxylic acids is 1. The Balaban J connectivity index is 1.27. The average Bonchev–Trinajstić information content (AvgIpc) is 3.24. The van der Waals surface area contributed by atoms with Gasteiger partial charge in [-0.2, -0.15) is 0 Å². The van der Waals surface area contributed by atoms with Crippen molar-refractivity contribution in [2.45, 2.75) is 43.9 Å². The van der Waals surface area contributed by atoms with E-state index in [1.54, 1.807) is 18.5 Å². The maximum absolute atomic E-state index is 12.1. The lowest BCUT2D eigenvalue weighted by atomic mass is 10.0. The maximum atomic E-state index is 12.1. The second-order valence-electron chi connectivity index (χ2n) is 7.69. The Labute approximate surface area is 176 Å². The van der Waals surface area contributed by atoms with Gasteiger partial charge in [-0.3, -0.25) is 4.79 Å². The largest absolute Gasteiger partial charge is 0.387 e. The van der Waals surface area contributed by atoms with E-state index in [9.17, 15) is 9.90 Å². The first kappa shape index (κ1) is 20.2. The number of anilines is 1. The molecule has 2 aromatic carbocycles. The van der Waals surface area contributed by atoms with Crippen LogP contribution in [0.1, 0.15) is 35.9 Å². The first-order valence-corrected chi connectivity index (χ1v) is 10.3. The van der Waals surface area contributed by atoms with Crippen molar-refractivity contribution in [1.82, 2.24) is 15.3 Å². The van der Waals surface area contributed by atoms with Crippen molar-refractivity contribution in [3.63, 3.8) is 0 Å². The summed E-state index contributed by atoms with van der Waals surface area (Å²) in [5, 5.41) is 17.1. The molecular weight excluding hydrogens is 376 g/mol. The number of hydrogen-bond acceptors (Lipinski definition) is 5. The molecule has 1 amide bonds. The molecule has 30 heavy (non-hydrogen) atoms. The van der Waals surface area contributed by atoms with Crippen molar-refractivity contribution in [3.8, 4) is 0 Å². The Kier molecular flexibility index (Phi) is 6.47. The topological polar surface area (TPSA) is 87.1 Å². The third-order valence-corrected chi connectivity index (χ3v) is 5.46. The predicted molar refractivity (Wildman–Crippen MR) is 116 cm³/mol. The summed E-state index contributed by atoms with van der Waals surface area (Å²) in [5.41, 5.74) is 2.92. The van der Waals surface area contributed by atoms with Crippen molar-refractivity contribution in [3.05, 3.63) is 90.0 Å². The fourth-order valence-electron chi connectivity index (χ4n) is 3.92. The minimum absolute atomic E-state index is 0.0798. The molecule has 1 saturated heterocycles. The molecule has 0 unspecified atom stereocenters. The first-order chi connectivity index (χ1) is 14.7. The fourth-order valence-corrected chi connectivity index (χ4v) is 3.92. The Morgan fingerprint density at radius 3 is 2.50 bits per heavy atom. The summed E-state index contributed by atoms with van der Waals surface area (Å²) in [7, 11) is 0. The number of amides is 1. The van der Waals surface area contributed by atoms with E-state index in [2.05, 4.69) is 20.6 Å². The third-order valence-electron chi connectivity index (χ3n) is 5.46. The zero-order chi connectivity index (χ0) is 20.8. The van der Waals surface area contributed by atoms with E-state index < -0.39 is 6.10 Å². The number of rotatable bonds is 7. The quantitative estimate of drug-likeness (QED) is 0.565. The van der Waals surface area contributed by atoms with E-state index in [4.69, 9.17) is 0 Å². The third kappa shape index (κ3) is 5.28. The highest BCUT2D eigenvalue weighted by atomic mass is 16.3. The standard InChI is InChI=1S/C24H26N4O2/c29-23(16-22-25-13-4-14-26-22)28-19-9-7-17(8-10-19)15-20-11-12-21(27-20)24(30)18-5-2-1-3-6-18/h1-10,13-14,20-21,24,27,30H,11-12,15-16H2,(H,28,29)/t20-,21+,24+/m0/s1. The molecule has 2 heterocycles. The molecule has 3 N–H and O–H groups in total. The molecule has 4 rings (SSSR count). The van der Waals surface area contributed by atoms with Gasteiger partial charge in [-0.25, -0.2) is 9.97 Å². The van der Waals surface area contributed by atoms with Crippen LogP contribution in [0.2, 0.25) is 0 Å². The lowest BCUT2D eigenvalue weighted by Gasteiger charge is -2.20. The van der Waals surface area contributed by atoms with Gasteiger partial charge in [0.1, 0.15) is 5.82 Å². The van der Waals surface area contributed by atoms with Gasteiger partial charge in [0.05, 0.1) is 12.5 Å². The summed E-state index contributed by atoms with van der Waals surface area (Å²) in [6.45, 7) is 0. The average molecular weight is 402 g/mol. The highest BCUT2D eigenvalue weighted by Crippen LogP contribution is 2.26. The van der Waals surface area contributed by atoms with Crippen LogP contribution in [-0.2, 0) is 17.6 Å². The molecule has 1 fully saturated rings. The monoisotopic (exact) mass is 402 g/mol. The van der Waals surface area contributed by atoms with E-state index in [-0.39, 0.29) is 18.4 Å². The molecule has 0 aliphatic carbocycles. The van der Waals surface area contributed by atoms with Crippen molar-refractivity contribution in [2.75, 3.05) is 5.32 Å². The zero-order valence-electron chi connectivity index (χ0n) is 16.7. The molecule has 1 aliphatic rings. The molecular formula is C24H26N4O2. The van der Waals surface area contributed by atoms with E-state index >= 15 is 0 Å². The van der Waals surface area contributed by atoms with Gasteiger partial charge in [0.25, 0.3) is 0 Å². The molecule has 6 nitrogen and oxygen atoms in total. The van der Waals surface area contributed by atoms with Crippen LogP contribution in [0.4, 0.5) is 5.69 Å². The van der Waals surface area contributed by atoms with Crippen LogP contribution in [0.5, 0.6) is 0 Å². The number of carbonyl (C=O) groups is 1. The first-order valence-electron chi connectivity index (χ1n) is 10.3. The highest BCUT2D eigenvalue weighted by Gasteiger charge is 2.29. The van der Waals surface area contributed by atoms with Gasteiger partial charge in [-0.1, -0.05) is 42.5 Å². The predicted octanol–water partition coefficient (Wildman–Crippen LogP) is 3.05. The molecule has 1 aliphatic heterocycles. The number of aliphatic hydroxyl groups is 1. The molecule has 0 spiro atoms. The molecule has 154 valence electrons. The molecule has 1 aromatic heterocycles. The van der Waals surface area contributed by atoms with E-state index in [1.165, 1.54) is 5.56 Å². The van der Waals surface area contributed by atoms with Crippen molar-refractivity contribution < 1.29 is 9.90 Å². The van der Waals surface area contributed by atoms with Crippen molar-refractivity contribution in [2.24, 2.45) is 0 Å². The smallest absolute Gasteiger partial charge is 0.232 e. The van der Waals surface area contributed by atoms with Crippen LogP contribution in [0.25, 0.3) is 0 Å². The van der Waals surface area contributed by atoms with Gasteiger partial charge < -0.3 is 15.7 Å². The van der Waals surface area contributed by atoms with Crippen LogP contribution in [0.3, 0.4) is 0 Å². The summed E-state index contributed by atoms with van der Waals surface area (Å²) < 4.78 is 0. The second-order valence-corrected chi connectivity index (χ2v) is 7.69. The minimum Gasteiger partial charge on any atom is -0.387 e. The second kappa shape index (κ2) is 9.61. The summed E-state index contributed by atoms with van der Waals surface area (Å²) in [6.07, 6.45) is 5.81. The summed E-state index contributed by atoms with van der Waals surface area (Å²) in [6, 6.07) is 19.9. The van der Waals surface area contributed by atoms with Crippen LogP contribution < -0.4 is 10.6 Å². The molecule has 0 saturated carbocycles. The van der Waals surface area contributed by atoms with E-state index in [0.717, 1.165) is 30.5 Å². The normalized spacial score (nSPS) is 19.4. The Hall–Kier alpha value is -3.09. The number of nitrogens with zero attached hydrogens (tertiary/aromatic N) is 2. The van der Waals surface area contributed by atoms with Gasteiger partial charge in [0, 0.05) is 30.2 Å². The SMILES string of the molecule is O=C(Cc1ncccn1)Nc1ccc(C[C@@H]2CC[C@H]([C@H](O)c3ccccc3)N2)cc1. The van der Waals surface area contributed by atoms with Crippen LogP contribution in [0, 0.1) is 0 Å². The van der Waals surface area contributed by atoms with Gasteiger partial charge in [0.15, 0.2) is 0 Å². The van der Waals surface area contributed by atoms with Crippen LogP contribution in [-0.4, -0.2) is 33.1 Å². The van der Waals surface area contributed by atoms with E-state index in [1.807, 2.05) is 54.6 Å². The number of hydrogen-bond donors (Lipinski definition) is 3. The van der Waals surface area contributed by atoms with Crippen LogP contribution in [0.15, 0.2) is 73.1 Å². The Morgan fingerprint density at radius 1 is 1.03 bits per heavy atom. The summed E-state index contributed by atoms with van der Waals surface area (Å²) in [4.78, 5) is 20.3. The number of nitrogens with one attached hydrogen (secondary N) is 2.